The molecule has 0 unspecified atom stereocenters. The van der Waals surface area contributed by atoms with E-state index in [4.69, 9.17) is 9.40 Å². The zero-order valence-electron chi connectivity index (χ0n) is 16.5. The lowest BCUT2D eigenvalue weighted by molar-refractivity contribution is -0.115. The fourth-order valence-corrected chi connectivity index (χ4v) is 3.16. The van der Waals surface area contributed by atoms with Gasteiger partial charge in [-0.3, -0.25) is 9.59 Å². The van der Waals surface area contributed by atoms with Gasteiger partial charge in [0.15, 0.2) is 0 Å². The third-order valence-corrected chi connectivity index (χ3v) is 4.75. The quantitative estimate of drug-likeness (QED) is 0.489. The molecule has 4 aromatic rings. The van der Waals surface area contributed by atoms with E-state index < -0.39 is 0 Å². The second-order valence-corrected chi connectivity index (χ2v) is 6.81. The minimum atomic E-state index is -0.196. The molecular weight excluding hydrogens is 378 g/mol. The van der Waals surface area contributed by atoms with E-state index in [0.717, 1.165) is 22.2 Å². The van der Waals surface area contributed by atoms with E-state index in [1.807, 2.05) is 54.6 Å². The summed E-state index contributed by atoms with van der Waals surface area (Å²) in [6, 6.07) is 20.4. The molecule has 2 aromatic carbocycles. The van der Waals surface area contributed by atoms with Crippen molar-refractivity contribution in [1.82, 2.24) is 10.3 Å². The van der Waals surface area contributed by atoms with Crippen LogP contribution in [-0.2, 0) is 11.3 Å². The highest BCUT2D eigenvalue weighted by atomic mass is 16.3. The molecule has 0 radical (unpaired) electrons. The molecule has 0 fully saturated rings. The topological polar surface area (TPSA) is 84.2 Å². The van der Waals surface area contributed by atoms with Crippen LogP contribution in [0.25, 0.3) is 22.2 Å². The maximum Gasteiger partial charge on any atom is 0.252 e. The number of nitrogens with zero attached hydrogens (tertiary/aromatic N) is 1. The van der Waals surface area contributed by atoms with Gasteiger partial charge in [-0.25, -0.2) is 4.98 Å². The van der Waals surface area contributed by atoms with Gasteiger partial charge in [0.1, 0.15) is 5.76 Å². The number of aromatic nitrogens is 1. The number of benzene rings is 2. The van der Waals surface area contributed by atoms with Crippen molar-refractivity contribution in [2.75, 3.05) is 5.32 Å². The van der Waals surface area contributed by atoms with Gasteiger partial charge in [0.05, 0.1) is 29.6 Å². The van der Waals surface area contributed by atoms with E-state index in [9.17, 15) is 9.59 Å². The van der Waals surface area contributed by atoms with Crippen LogP contribution >= 0.6 is 0 Å². The first-order valence-electron chi connectivity index (χ1n) is 9.74. The lowest BCUT2D eigenvalue weighted by atomic mass is 10.0. The van der Waals surface area contributed by atoms with E-state index in [-0.39, 0.29) is 11.8 Å². The van der Waals surface area contributed by atoms with Gasteiger partial charge in [-0.2, -0.15) is 0 Å². The van der Waals surface area contributed by atoms with Crippen LogP contribution in [0.4, 0.5) is 5.69 Å². The highest BCUT2D eigenvalue weighted by Gasteiger charge is 2.14. The minimum Gasteiger partial charge on any atom is -0.467 e. The molecule has 4 rings (SSSR count). The molecule has 6 heteroatoms. The molecule has 0 atom stereocenters. The van der Waals surface area contributed by atoms with Crippen LogP contribution in [0.1, 0.15) is 29.5 Å². The molecular formula is C24H21N3O3. The van der Waals surface area contributed by atoms with E-state index in [1.54, 1.807) is 25.3 Å². The first-order chi connectivity index (χ1) is 14.6. The Morgan fingerprint density at radius 3 is 2.53 bits per heavy atom. The normalized spacial score (nSPS) is 10.7. The van der Waals surface area contributed by atoms with Crippen LogP contribution in [0.5, 0.6) is 0 Å². The van der Waals surface area contributed by atoms with Crippen LogP contribution in [0.3, 0.4) is 0 Å². The number of hydrogen-bond donors (Lipinski definition) is 2. The number of pyridine rings is 1. The number of furan rings is 1. The molecule has 0 spiro atoms. The van der Waals surface area contributed by atoms with Gasteiger partial charge in [0.25, 0.3) is 5.91 Å². The predicted octanol–water partition coefficient (Wildman–Crippen LogP) is 4.77. The molecule has 0 saturated carbocycles. The average molecular weight is 399 g/mol. The smallest absolute Gasteiger partial charge is 0.252 e. The molecule has 0 aliphatic carbocycles. The van der Waals surface area contributed by atoms with Gasteiger partial charge in [0.2, 0.25) is 5.91 Å². The number of hydrogen-bond acceptors (Lipinski definition) is 4. The van der Waals surface area contributed by atoms with Crippen molar-refractivity contribution in [1.29, 1.82) is 0 Å². The van der Waals surface area contributed by atoms with E-state index >= 15 is 0 Å². The van der Waals surface area contributed by atoms with Crippen molar-refractivity contribution < 1.29 is 14.0 Å². The van der Waals surface area contributed by atoms with Crippen molar-refractivity contribution in [2.45, 2.75) is 19.9 Å². The zero-order chi connectivity index (χ0) is 20.9. The summed E-state index contributed by atoms with van der Waals surface area (Å²) >= 11 is 0. The molecule has 2 N–H and O–H groups in total. The summed E-state index contributed by atoms with van der Waals surface area (Å²) in [6.07, 6.45) is 2.00. The fourth-order valence-electron chi connectivity index (χ4n) is 3.16. The summed E-state index contributed by atoms with van der Waals surface area (Å²) in [5.41, 5.74) is 3.55. The van der Waals surface area contributed by atoms with Crippen molar-refractivity contribution in [2.24, 2.45) is 0 Å². The summed E-state index contributed by atoms with van der Waals surface area (Å²) in [4.78, 5) is 29.2. The third-order valence-electron chi connectivity index (χ3n) is 4.75. The van der Waals surface area contributed by atoms with Gasteiger partial charge in [-0.05, 0) is 36.4 Å². The SMILES string of the molecule is CCC(=O)Nc1ccc(-c2cc(C(=O)NCc3ccco3)c3ccccc3n2)cc1. The molecule has 0 aliphatic heterocycles. The maximum atomic E-state index is 12.9. The van der Waals surface area contributed by atoms with Crippen LogP contribution in [0, 0.1) is 0 Å². The predicted molar refractivity (Wildman–Crippen MR) is 116 cm³/mol. The van der Waals surface area contributed by atoms with E-state index in [2.05, 4.69) is 10.6 Å². The van der Waals surface area contributed by atoms with Crippen LogP contribution in [0.2, 0.25) is 0 Å². The number of anilines is 1. The number of amides is 2. The molecule has 2 heterocycles. The Morgan fingerprint density at radius 1 is 1.00 bits per heavy atom. The van der Waals surface area contributed by atoms with Crippen molar-refractivity contribution in [3.05, 3.63) is 84.3 Å². The molecule has 0 bridgehead atoms. The average Bonchev–Trinajstić information content (AvgIpc) is 3.31. The first-order valence-corrected chi connectivity index (χ1v) is 9.74. The number of rotatable bonds is 6. The van der Waals surface area contributed by atoms with Crippen LogP contribution < -0.4 is 10.6 Å². The molecule has 2 aromatic heterocycles. The number of nitrogens with one attached hydrogen (secondary N) is 2. The number of fused-ring (bicyclic) bond motifs is 1. The summed E-state index contributed by atoms with van der Waals surface area (Å²) in [5, 5.41) is 6.51. The Hall–Kier alpha value is -3.93. The Kier molecular flexibility index (Phi) is 5.57. The van der Waals surface area contributed by atoms with Crippen LogP contribution in [-0.4, -0.2) is 16.8 Å². The standard InChI is InChI=1S/C24H21N3O3/c1-2-23(28)26-17-11-9-16(10-12-17)22-14-20(19-7-3-4-8-21(19)27-22)24(29)25-15-18-6-5-13-30-18/h3-14H,2,15H2,1H3,(H,25,29)(H,26,28). The Labute approximate surface area is 173 Å². The Bertz CT molecular complexity index is 1180. The zero-order valence-corrected chi connectivity index (χ0v) is 16.5. The molecule has 6 nitrogen and oxygen atoms in total. The second kappa shape index (κ2) is 8.61. The first kappa shape index (κ1) is 19.4. The van der Waals surface area contributed by atoms with Crippen LogP contribution in [0.15, 0.2) is 77.4 Å². The summed E-state index contributed by atoms with van der Waals surface area (Å²) < 4.78 is 5.29. The summed E-state index contributed by atoms with van der Waals surface area (Å²) in [5.74, 6) is 0.451. The molecule has 150 valence electrons. The lowest BCUT2D eigenvalue weighted by Crippen LogP contribution is -2.23. The number of para-hydroxylation sites is 1. The summed E-state index contributed by atoms with van der Waals surface area (Å²) in [7, 11) is 0. The molecule has 30 heavy (non-hydrogen) atoms. The van der Waals surface area contributed by atoms with Gasteiger partial charge in [0, 0.05) is 23.1 Å². The van der Waals surface area contributed by atoms with Crippen molar-refractivity contribution in [3.8, 4) is 11.3 Å². The third kappa shape index (κ3) is 4.22. The van der Waals surface area contributed by atoms with E-state index in [0.29, 0.717) is 30.0 Å². The van der Waals surface area contributed by atoms with E-state index in [1.165, 1.54) is 0 Å². The highest BCUT2D eigenvalue weighted by Crippen LogP contribution is 2.26. The number of carbonyl (C=O) groups excluding carboxylic acids is 2. The molecule has 0 aliphatic rings. The summed E-state index contributed by atoms with van der Waals surface area (Å²) in [6.45, 7) is 2.12. The van der Waals surface area contributed by atoms with Gasteiger partial charge >= 0.3 is 0 Å². The lowest BCUT2D eigenvalue weighted by Gasteiger charge is -2.11. The van der Waals surface area contributed by atoms with Gasteiger partial charge < -0.3 is 15.1 Å². The second-order valence-electron chi connectivity index (χ2n) is 6.81. The fraction of sp³-hybridized carbons (Fsp3) is 0.125. The van der Waals surface area contributed by atoms with Gasteiger partial charge in [-0.1, -0.05) is 37.3 Å². The maximum absolute atomic E-state index is 12.9. The monoisotopic (exact) mass is 399 g/mol. The molecule has 0 saturated heterocycles. The van der Waals surface area contributed by atoms with Crippen molar-refractivity contribution in [3.63, 3.8) is 0 Å². The largest absolute Gasteiger partial charge is 0.467 e. The Balaban J connectivity index is 1.66. The van der Waals surface area contributed by atoms with Gasteiger partial charge in [-0.15, -0.1) is 0 Å². The Morgan fingerprint density at radius 2 is 1.80 bits per heavy atom. The number of carbonyl (C=O) groups is 2. The highest BCUT2D eigenvalue weighted by molar-refractivity contribution is 6.07. The van der Waals surface area contributed by atoms with Crippen molar-refractivity contribution >= 4 is 28.4 Å². The molecule has 2 amide bonds. The minimum absolute atomic E-state index is 0.0397.